The second-order valence-electron chi connectivity index (χ2n) is 16.7. The van der Waals surface area contributed by atoms with Crippen LogP contribution in [0.5, 0.6) is 5.75 Å². The summed E-state index contributed by atoms with van der Waals surface area (Å²) >= 11 is 0. The van der Waals surface area contributed by atoms with Crippen molar-refractivity contribution in [1.29, 1.82) is 0 Å². The Morgan fingerprint density at radius 2 is 1.58 bits per heavy atom. The zero-order valence-electron chi connectivity index (χ0n) is 27.2. The summed E-state index contributed by atoms with van der Waals surface area (Å²) in [6.45, 7) is 16.0. The molecule has 0 radical (unpaired) electrons. The molecule has 0 heterocycles. The van der Waals surface area contributed by atoms with E-state index in [1.807, 2.05) is 0 Å². The molecule has 1 aromatic carbocycles. The number of hydrogen-bond acceptors (Lipinski definition) is 5. The summed E-state index contributed by atoms with van der Waals surface area (Å²) in [4.78, 5) is 25.9. The van der Waals surface area contributed by atoms with Crippen molar-refractivity contribution in [2.45, 2.75) is 112 Å². The Bertz CT molecular complexity index is 1330. The highest BCUT2D eigenvalue weighted by molar-refractivity contribution is 5.89. The van der Waals surface area contributed by atoms with Crippen LogP contribution in [0.15, 0.2) is 35.9 Å². The van der Waals surface area contributed by atoms with Gasteiger partial charge in [-0.15, -0.1) is 0 Å². The predicted molar refractivity (Wildman–Crippen MR) is 165 cm³/mol. The standard InChI is InChI=1S/C37H52O6/c1-21-14-16-34(4)18-19-36(6)24(30(34)29(21)31(40)41)12-13-25-35(5)17-15-28(43-32(42)22-8-10-23(38)11-9-22)33(2,3)26(35)20-27(39)37(25,36)7/h8-12,21,25-30,38-39H,13-20H2,1-7H3,(H,40,41). The van der Waals surface area contributed by atoms with Crippen LogP contribution in [-0.4, -0.2) is 39.5 Å². The number of carbonyl (C=O) groups excluding carboxylic acids is 1. The number of aromatic hydroxyl groups is 1. The van der Waals surface area contributed by atoms with Gasteiger partial charge in [0.1, 0.15) is 11.9 Å². The number of aliphatic hydroxyl groups excluding tert-OH is 1. The lowest BCUT2D eigenvalue weighted by Crippen LogP contribution is -2.69. The van der Waals surface area contributed by atoms with Crippen molar-refractivity contribution in [2.75, 3.05) is 0 Å². The molecule has 4 fully saturated rings. The van der Waals surface area contributed by atoms with E-state index in [4.69, 9.17) is 4.74 Å². The molecule has 1 aromatic rings. The maximum Gasteiger partial charge on any atom is 0.338 e. The fourth-order valence-electron chi connectivity index (χ4n) is 11.8. The average molecular weight is 593 g/mol. The number of carbonyl (C=O) groups is 2. The molecule has 0 spiro atoms. The second-order valence-corrected chi connectivity index (χ2v) is 16.7. The Balaban J connectivity index is 1.35. The number of benzene rings is 1. The quantitative estimate of drug-likeness (QED) is 0.246. The molecule has 0 amide bonds. The number of phenolic OH excluding ortho intramolecular Hbond substituents is 1. The summed E-state index contributed by atoms with van der Waals surface area (Å²) in [5.41, 5.74) is 0.677. The molecular formula is C37H52O6. The molecule has 0 bridgehead atoms. The number of carboxylic acids is 1. The number of hydrogen-bond donors (Lipinski definition) is 3. The number of ether oxygens (including phenoxy) is 1. The first-order chi connectivity index (χ1) is 20.0. The van der Waals surface area contributed by atoms with Gasteiger partial charge in [-0.2, -0.15) is 0 Å². The monoisotopic (exact) mass is 592 g/mol. The molecule has 43 heavy (non-hydrogen) atoms. The first kappa shape index (κ1) is 30.7. The van der Waals surface area contributed by atoms with Gasteiger partial charge in [0.15, 0.2) is 0 Å². The number of aliphatic carboxylic acids is 1. The van der Waals surface area contributed by atoms with Crippen LogP contribution in [0, 0.1) is 56.7 Å². The number of allylic oxidation sites excluding steroid dienone is 2. The van der Waals surface area contributed by atoms with Gasteiger partial charge < -0.3 is 20.1 Å². The molecule has 11 unspecified atom stereocenters. The minimum absolute atomic E-state index is 0.00879. The van der Waals surface area contributed by atoms with Gasteiger partial charge >= 0.3 is 11.9 Å². The maximum atomic E-state index is 13.1. The Morgan fingerprint density at radius 3 is 2.23 bits per heavy atom. The molecule has 6 nitrogen and oxygen atoms in total. The molecule has 236 valence electrons. The van der Waals surface area contributed by atoms with Gasteiger partial charge in [-0.25, -0.2) is 4.79 Å². The van der Waals surface area contributed by atoms with Crippen LogP contribution in [0.25, 0.3) is 0 Å². The third kappa shape index (κ3) is 4.13. The Morgan fingerprint density at radius 1 is 0.907 bits per heavy atom. The molecule has 5 aliphatic carbocycles. The lowest BCUT2D eigenvalue weighted by molar-refractivity contribution is -0.245. The van der Waals surface area contributed by atoms with Crippen molar-refractivity contribution in [3.63, 3.8) is 0 Å². The summed E-state index contributed by atoms with van der Waals surface area (Å²) in [5, 5.41) is 32.5. The first-order valence-corrected chi connectivity index (χ1v) is 16.6. The Labute approximate surface area is 257 Å². The van der Waals surface area contributed by atoms with E-state index in [-0.39, 0.29) is 74.5 Å². The summed E-state index contributed by atoms with van der Waals surface area (Å²) in [7, 11) is 0. The van der Waals surface area contributed by atoms with Crippen LogP contribution < -0.4 is 0 Å². The van der Waals surface area contributed by atoms with Gasteiger partial charge in [0, 0.05) is 10.8 Å². The molecule has 4 saturated carbocycles. The van der Waals surface area contributed by atoms with E-state index in [1.165, 1.54) is 17.7 Å². The Hall–Kier alpha value is -2.34. The molecule has 6 heteroatoms. The van der Waals surface area contributed by atoms with Gasteiger partial charge in [0.05, 0.1) is 17.6 Å². The molecule has 0 aromatic heterocycles. The molecule has 11 atom stereocenters. The van der Waals surface area contributed by atoms with Crippen LogP contribution >= 0.6 is 0 Å². The molecule has 3 N–H and O–H groups in total. The summed E-state index contributed by atoms with van der Waals surface area (Å²) in [6.07, 6.45) is 8.81. The van der Waals surface area contributed by atoms with Crippen molar-refractivity contribution >= 4 is 11.9 Å². The van der Waals surface area contributed by atoms with Crippen molar-refractivity contribution in [1.82, 2.24) is 0 Å². The number of fused-ring (bicyclic) bond motifs is 7. The maximum absolute atomic E-state index is 13.1. The van der Waals surface area contributed by atoms with Crippen LogP contribution in [0.3, 0.4) is 0 Å². The topological polar surface area (TPSA) is 104 Å². The van der Waals surface area contributed by atoms with Crippen LogP contribution in [-0.2, 0) is 9.53 Å². The van der Waals surface area contributed by atoms with Crippen LogP contribution in [0.2, 0.25) is 0 Å². The van der Waals surface area contributed by atoms with E-state index in [0.29, 0.717) is 12.0 Å². The number of phenols is 1. The summed E-state index contributed by atoms with van der Waals surface area (Å²) in [5.74, 6) is -0.761. The van der Waals surface area contributed by atoms with E-state index < -0.39 is 12.1 Å². The van der Waals surface area contributed by atoms with Crippen molar-refractivity contribution in [3.05, 3.63) is 41.5 Å². The molecule has 6 rings (SSSR count). The highest BCUT2D eigenvalue weighted by Crippen LogP contribution is 2.75. The minimum atomic E-state index is -0.668. The van der Waals surface area contributed by atoms with E-state index in [1.54, 1.807) is 12.1 Å². The normalized spacial score (nSPS) is 46.7. The highest BCUT2D eigenvalue weighted by atomic mass is 16.5. The van der Waals surface area contributed by atoms with E-state index in [2.05, 4.69) is 54.5 Å². The van der Waals surface area contributed by atoms with Gasteiger partial charge in [-0.1, -0.05) is 60.1 Å². The van der Waals surface area contributed by atoms with E-state index in [0.717, 1.165) is 44.9 Å². The Kier molecular flexibility index (Phi) is 7.01. The molecular weight excluding hydrogens is 540 g/mol. The summed E-state index contributed by atoms with van der Waals surface area (Å²) < 4.78 is 6.17. The van der Waals surface area contributed by atoms with Gasteiger partial charge in [-0.05, 0) is 116 Å². The average Bonchev–Trinajstić information content (AvgIpc) is 2.93. The largest absolute Gasteiger partial charge is 0.508 e. The highest BCUT2D eigenvalue weighted by Gasteiger charge is 2.71. The molecule has 5 aliphatic rings. The number of rotatable bonds is 3. The van der Waals surface area contributed by atoms with Gasteiger partial charge in [0.2, 0.25) is 0 Å². The van der Waals surface area contributed by atoms with E-state index >= 15 is 0 Å². The third-order valence-corrected chi connectivity index (χ3v) is 14.6. The SMILES string of the molecule is CC1CCC2(C)CCC3(C)C(=CCC4C5(C)CCC(OC(=O)c6ccc(O)cc6)C(C)(C)C5CC(O)C43C)C2C1C(=O)O. The zero-order valence-corrected chi connectivity index (χ0v) is 27.2. The van der Waals surface area contributed by atoms with Gasteiger partial charge in [0.25, 0.3) is 0 Å². The minimum Gasteiger partial charge on any atom is -0.508 e. The van der Waals surface area contributed by atoms with Crippen LogP contribution in [0.1, 0.15) is 110 Å². The lowest BCUT2D eigenvalue weighted by atomic mass is 9.32. The van der Waals surface area contributed by atoms with Gasteiger partial charge in [-0.3, -0.25) is 4.79 Å². The second kappa shape index (κ2) is 9.83. The van der Waals surface area contributed by atoms with Crippen molar-refractivity contribution in [3.8, 4) is 5.75 Å². The zero-order chi connectivity index (χ0) is 31.3. The summed E-state index contributed by atoms with van der Waals surface area (Å²) in [6, 6.07) is 6.20. The predicted octanol–water partition coefficient (Wildman–Crippen LogP) is 7.63. The smallest absolute Gasteiger partial charge is 0.338 e. The fourth-order valence-corrected chi connectivity index (χ4v) is 11.8. The number of aliphatic hydroxyl groups is 1. The lowest BCUT2D eigenvalue weighted by Gasteiger charge is -2.72. The first-order valence-electron chi connectivity index (χ1n) is 16.6. The fraction of sp³-hybridized carbons (Fsp3) is 0.730. The van der Waals surface area contributed by atoms with Crippen molar-refractivity contribution in [2.24, 2.45) is 56.7 Å². The number of carboxylic acid groups (broad SMARTS) is 1. The third-order valence-electron chi connectivity index (χ3n) is 14.6. The van der Waals surface area contributed by atoms with E-state index in [9.17, 15) is 24.9 Å². The van der Waals surface area contributed by atoms with Crippen molar-refractivity contribution < 1.29 is 29.6 Å². The number of esters is 1. The van der Waals surface area contributed by atoms with Crippen LogP contribution in [0.4, 0.5) is 0 Å². The molecule has 0 aliphatic heterocycles. The molecule has 0 saturated heterocycles.